The molecule has 0 aliphatic carbocycles. The first-order chi connectivity index (χ1) is 11.5. The Hall–Kier alpha value is -1.87. The van der Waals surface area contributed by atoms with Gasteiger partial charge >= 0.3 is 0 Å². The SMILES string of the molecule is Cc1csc(C(C)N(C)C(=O)Cn2nnnc2CN2CCCC2)n1. The molecule has 0 radical (unpaired) electrons. The Kier molecular flexibility index (Phi) is 5.20. The molecule has 1 amide bonds. The molecule has 0 saturated carbocycles. The Morgan fingerprint density at radius 1 is 1.42 bits per heavy atom. The Balaban J connectivity index is 1.63. The number of thiazole rings is 1. The molecule has 1 aliphatic rings. The zero-order valence-electron chi connectivity index (χ0n) is 14.3. The highest BCUT2D eigenvalue weighted by molar-refractivity contribution is 7.09. The average molecular weight is 349 g/mol. The van der Waals surface area contributed by atoms with Gasteiger partial charge in [0.15, 0.2) is 5.82 Å². The van der Waals surface area contributed by atoms with Crippen LogP contribution in [0.4, 0.5) is 0 Å². The first-order valence-corrected chi connectivity index (χ1v) is 9.07. The van der Waals surface area contributed by atoms with Crippen molar-refractivity contribution in [3.63, 3.8) is 0 Å². The molecule has 3 rings (SSSR count). The van der Waals surface area contributed by atoms with Gasteiger partial charge in [-0.25, -0.2) is 9.67 Å². The van der Waals surface area contributed by atoms with E-state index >= 15 is 0 Å². The number of tetrazole rings is 1. The Bertz CT molecular complexity index is 692. The Morgan fingerprint density at radius 2 is 2.17 bits per heavy atom. The van der Waals surface area contributed by atoms with Crippen molar-refractivity contribution in [1.29, 1.82) is 0 Å². The van der Waals surface area contributed by atoms with Crippen LogP contribution in [0.3, 0.4) is 0 Å². The molecule has 1 atom stereocenters. The highest BCUT2D eigenvalue weighted by Gasteiger charge is 2.22. The van der Waals surface area contributed by atoms with Crippen molar-refractivity contribution >= 4 is 17.2 Å². The number of rotatable bonds is 6. The van der Waals surface area contributed by atoms with Gasteiger partial charge in [0.25, 0.3) is 0 Å². The minimum Gasteiger partial charge on any atom is -0.335 e. The van der Waals surface area contributed by atoms with Gasteiger partial charge in [-0.1, -0.05) is 0 Å². The van der Waals surface area contributed by atoms with E-state index in [-0.39, 0.29) is 18.5 Å². The predicted molar refractivity (Wildman–Crippen MR) is 90.4 cm³/mol. The highest BCUT2D eigenvalue weighted by atomic mass is 32.1. The molecule has 0 bridgehead atoms. The number of carbonyl (C=O) groups is 1. The fourth-order valence-electron chi connectivity index (χ4n) is 2.79. The zero-order chi connectivity index (χ0) is 17.1. The van der Waals surface area contributed by atoms with Crippen molar-refractivity contribution in [3.8, 4) is 0 Å². The quantitative estimate of drug-likeness (QED) is 0.781. The number of hydrogen-bond acceptors (Lipinski definition) is 7. The standard InChI is InChI=1S/C15H23N7OS/c1-11-10-24-15(16-11)12(2)20(3)14(23)9-22-13(17-18-19-22)8-21-6-4-5-7-21/h10,12H,4-9H2,1-3H3. The summed E-state index contributed by atoms with van der Waals surface area (Å²) in [5, 5.41) is 14.7. The maximum atomic E-state index is 12.6. The smallest absolute Gasteiger partial charge is 0.244 e. The second-order valence-corrected chi connectivity index (χ2v) is 7.13. The largest absolute Gasteiger partial charge is 0.335 e. The van der Waals surface area contributed by atoms with Gasteiger partial charge in [0.05, 0.1) is 12.6 Å². The third-order valence-corrected chi connectivity index (χ3v) is 5.56. The first kappa shape index (κ1) is 17.0. The summed E-state index contributed by atoms with van der Waals surface area (Å²) in [5.74, 6) is 0.724. The lowest BCUT2D eigenvalue weighted by Gasteiger charge is -2.23. The minimum absolute atomic E-state index is 0.0228. The number of likely N-dealkylation sites (tertiary alicyclic amines) is 1. The highest BCUT2D eigenvalue weighted by Crippen LogP contribution is 2.22. The maximum Gasteiger partial charge on any atom is 0.244 e. The van der Waals surface area contributed by atoms with E-state index in [0.29, 0.717) is 6.54 Å². The van der Waals surface area contributed by atoms with E-state index in [4.69, 9.17) is 0 Å². The molecule has 0 aromatic carbocycles. The lowest BCUT2D eigenvalue weighted by atomic mass is 10.3. The summed E-state index contributed by atoms with van der Waals surface area (Å²) in [6, 6.07) is -0.0605. The third-order valence-electron chi connectivity index (χ3n) is 4.42. The number of amides is 1. The molecule has 1 fully saturated rings. The monoisotopic (exact) mass is 349 g/mol. The van der Waals surface area contributed by atoms with Crippen molar-refractivity contribution in [2.24, 2.45) is 0 Å². The second-order valence-electron chi connectivity index (χ2n) is 6.24. The van der Waals surface area contributed by atoms with Gasteiger partial charge in [-0.05, 0) is 50.2 Å². The molecule has 3 heterocycles. The van der Waals surface area contributed by atoms with Crippen LogP contribution < -0.4 is 0 Å². The van der Waals surface area contributed by atoms with E-state index in [1.165, 1.54) is 12.8 Å². The molecular weight excluding hydrogens is 326 g/mol. The van der Waals surface area contributed by atoms with Crippen molar-refractivity contribution in [1.82, 2.24) is 35.0 Å². The summed E-state index contributed by atoms with van der Waals surface area (Å²) in [4.78, 5) is 21.1. The topological polar surface area (TPSA) is 80.0 Å². The van der Waals surface area contributed by atoms with Crippen molar-refractivity contribution in [2.45, 2.75) is 45.8 Å². The summed E-state index contributed by atoms with van der Waals surface area (Å²) in [7, 11) is 1.80. The molecule has 24 heavy (non-hydrogen) atoms. The van der Waals surface area contributed by atoms with E-state index in [2.05, 4.69) is 25.4 Å². The lowest BCUT2D eigenvalue weighted by Crippen LogP contribution is -2.34. The number of likely N-dealkylation sites (N-methyl/N-ethyl adjacent to an activating group) is 1. The van der Waals surface area contributed by atoms with Gasteiger partial charge in [-0.15, -0.1) is 16.4 Å². The van der Waals surface area contributed by atoms with E-state index in [1.807, 2.05) is 19.2 Å². The van der Waals surface area contributed by atoms with Crippen LogP contribution in [0.15, 0.2) is 5.38 Å². The lowest BCUT2D eigenvalue weighted by molar-refractivity contribution is -0.132. The van der Waals surface area contributed by atoms with Gasteiger partial charge in [0.2, 0.25) is 5.91 Å². The molecule has 130 valence electrons. The molecule has 2 aromatic heterocycles. The van der Waals surface area contributed by atoms with Gasteiger partial charge in [0, 0.05) is 18.1 Å². The number of aryl methyl sites for hydroxylation is 1. The second kappa shape index (κ2) is 7.35. The van der Waals surface area contributed by atoms with E-state index in [0.717, 1.165) is 29.6 Å². The summed E-state index contributed by atoms with van der Waals surface area (Å²) < 4.78 is 1.61. The van der Waals surface area contributed by atoms with Crippen LogP contribution in [0.2, 0.25) is 0 Å². The van der Waals surface area contributed by atoms with Crippen LogP contribution in [-0.4, -0.2) is 61.0 Å². The molecule has 9 heteroatoms. The first-order valence-electron chi connectivity index (χ1n) is 8.19. The van der Waals surface area contributed by atoms with E-state index < -0.39 is 0 Å². The van der Waals surface area contributed by atoms with Crippen LogP contribution in [0.1, 0.15) is 42.3 Å². The summed E-state index contributed by atoms with van der Waals surface area (Å²) >= 11 is 1.58. The van der Waals surface area contributed by atoms with E-state index in [1.54, 1.807) is 28.0 Å². The summed E-state index contributed by atoms with van der Waals surface area (Å²) in [5.41, 5.74) is 0.982. The third kappa shape index (κ3) is 3.78. The zero-order valence-corrected chi connectivity index (χ0v) is 15.2. The summed E-state index contributed by atoms with van der Waals surface area (Å²) in [6.07, 6.45) is 2.43. The van der Waals surface area contributed by atoms with Crippen molar-refractivity contribution in [3.05, 3.63) is 21.9 Å². The van der Waals surface area contributed by atoms with Crippen LogP contribution >= 0.6 is 11.3 Å². The van der Waals surface area contributed by atoms with Gasteiger partial charge in [0.1, 0.15) is 11.6 Å². The number of hydrogen-bond donors (Lipinski definition) is 0. The molecule has 0 spiro atoms. The van der Waals surface area contributed by atoms with Crippen molar-refractivity contribution < 1.29 is 4.79 Å². The molecule has 0 N–H and O–H groups in total. The Labute approximate surface area is 145 Å². The molecular formula is C15H23N7OS. The number of aromatic nitrogens is 5. The minimum atomic E-state index is -0.0605. The Morgan fingerprint density at radius 3 is 2.83 bits per heavy atom. The maximum absolute atomic E-state index is 12.6. The molecule has 1 unspecified atom stereocenters. The molecule has 8 nitrogen and oxygen atoms in total. The van der Waals surface area contributed by atoms with Crippen molar-refractivity contribution in [2.75, 3.05) is 20.1 Å². The van der Waals surface area contributed by atoms with Crippen LogP contribution in [0.5, 0.6) is 0 Å². The fourth-order valence-corrected chi connectivity index (χ4v) is 3.68. The summed E-state index contributed by atoms with van der Waals surface area (Å²) in [6.45, 7) is 6.94. The van der Waals surface area contributed by atoms with Crippen LogP contribution in [0, 0.1) is 6.92 Å². The number of carbonyl (C=O) groups excluding carboxylic acids is 1. The number of nitrogens with zero attached hydrogens (tertiary/aromatic N) is 7. The molecule has 1 saturated heterocycles. The molecule has 2 aromatic rings. The van der Waals surface area contributed by atoms with Gasteiger partial charge in [-0.3, -0.25) is 9.69 Å². The predicted octanol–water partition coefficient (Wildman–Crippen LogP) is 1.25. The molecule has 1 aliphatic heterocycles. The van der Waals surface area contributed by atoms with E-state index in [9.17, 15) is 4.79 Å². The average Bonchev–Trinajstić information content (AvgIpc) is 3.30. The van der Waals surface area contributed by atoms with Gasteiger partial charge < -0.3 is 4.90 Å². The van der Waals surface area contributed by atoms with Crippen LogP contribution in [-0.2, 0) is 17.9 Å². The fraction of sp³-hybridized carbons (Fsp3) is 0.667. The van der Waals surface area contributed by atoms with Crippen LogP contribution in [0.25, 0.3) is 0 Å². The van der Waals surface area contributed by atoms with Gasteiger partial charge in [-0.2, -0.15) is 0 Å². The normalized spacial score (nSPS) is 16.5.